The van der Waals surface area contributed by atoms with Gasteiger partial charge in [-0.1, -0.05) is 121 Å². The molecule has 0 unspecified atom stereocenters. The molecule has 2 saturated carbocycles. The summed E-state index contributed by atoms with van der Waals surface area (Å²) in [5.74, 6) is -0.904. The number of hydrogen-bond acceptors (Lipinski definition) is 36. The molecule has 135 heavy (non-hydrogen) atoms. The van der Waals surface area contributed by atoms with E-state index in [4.69, 9.17) is 33.2 Å². The van der Waals surface area contributed by atoms with Crippen molar-refractivity contribution in [2.24, 2.45) is 17.2 Å². The second-order valence-corrected chi connectivity index (χ2v) is 36.3. The van der Waals surface area contributed by atoms with E-state index in [-0.39, 0.29) is 137 Å². The molecule has 0 saturated heterocycles. The molecule has 11 aromatic rings. The van der Waals surface area contributed by atoms with Gasteiger partial charge in [0.25, 0.3) is 0 Å². The lowest BCUT2D eigenvalue weighted by Gasteiger charge is -2.25. The van der Waals surface area contributed by atoms with E-state index in [2.05, 4.69) is 134 Å². The highest BCUT2D eigenvalue weighted by molar-refractivity contribution is 7.16. The second-order valence-electron chi connectivity index (χ2n) is 32.3. The normalized spacial score (nSPS) is 14.1. The zero-order valence-corrected chi connectivity index (χ0v) is 80.0. The van der Waals surface area contributed by atoms with Crippen LogP contribution < -0.4 is 49.1 Å². The van der Waals surface area contributed by atoms with E-state index < -0.39 is 23.4 Å². The minimum atomic E-state index is -0.571. The first-order chi connectivity index (χ1) is 63.8. The molecule has 11 heterocycles. The van der Waals surface area contributed by atoms with Crippen LogP contribution in [0, 0.1) is 6.57 Å². The van der Waals surface area contributed by atoms with Crippen LogP contribution in [-0.2, 0) is 141 Å². The lowest BCUT2D eigenvalue weighted by molar-refractivity contribution is -0.140. The molecule has 0 bridgehead atoms. The molecule has 0 aromatic carbocycles. The number of nitrogens with one attached hydrogen (secondary N) is 6. The summed E-state index contributed by atoms with van der Waals surface area (Å²) in [7, 11) is 4.02. The van der Waals surface area contributed by atoms with Crippen LogP contribution in [-0.4, -0.2) is 162 Å². The van der Waals surface area contributed by atoms with Crippen molar-refractivity contribution in [1.29, 1.82) is 0 Å². The van der Waals surface area contributed by atoms with Crippen molar-refractivity contribution in [1.82, 2.24) is 86.3 Å². The SMILES string of the molecule is C.CCc1ccc(CC(=O)Nc2nnc([C@H]3CCC[C@H](c4nnc(NC(=O)Cc5ccc(CNC(=O)OC(C)(C)C)cn5)s4)C3)s2)nc1.COC(=O)Cc1ccc(CN)cn1.COC(=O)Cc1ccc(CNC(=O)OC(C)(C)C)cn1.Cl.NCc1ccc(CC(=O)Nc2nnc([C@H]3CCC[C@H](c4nnc(NC(=O)Cc5ccc(CN)cn5)s4)C3)s2)nc1.[C-]#[N+]c1ccc(CC(=O)OC)nc1. The minimum Gasteiger partial charge on any atom is -0.469 e. The molecule has 2 aliphatic carbocycles. The highest BCUT2D eigenvalue weighted by Gasteiger charge is 2.32. The number of pyridine rings is 7. The molecule has 39 nitrogen and oxygen atoms in total. The number of nitrogens with zero attached hydrogens (tertiary/aromatic N) is 16. The van der Waals surface area contributed by atoms with Crippen molar-refractivity contribution in [2.45, 2.75) is 226 Å². The van der Waals surface area contributed by atoms with E-state index in [9.17, 15) is 43.2 Å². The Morgan fingerprint density at radius 3 is 0.852 bits per heavy atom. The fraction of sp³-hybridized carbons (Fsp3) is 0.418. The maximum absolute atomic E-state index is 12.7. The topological polar surface area (TPSA) is 548 Å². The van der Waals surface area contributed by atoms with Crippen molar-refractivity contribution in [3.8, 4) is 0 Å². The summed E-state index contributed by atoms with van der Waals surface area (Å²) in [6, 6.07) is 25.2. The Balaban J connectivity index is 0.000000252. The van der Waals surface area contributed by atoms with Gasteiger partial charge in [-0.05, 0) is 156 Å². The molecule has 0 radical (unpaired) electrons. The van der Waals surface area contributed by atoms with Crippen LogP contribution in [0.3, 0.4) is 0 Å². The zero-order chi connectivity index (χ0) is 95.8. The molecular formula is C91H114ClN25O14S4. The van der Waals surface area contributed by atoms with Crippen molar-refractivity contribution < 1.29 is 66.8 Å². The van der Waals surface area contributed by atoms with Crippen LogP contribution in [0.1, 0.15) is 224 Å². The van der Waals surface area contributed by atoms with Gasteiger partial charge in [-0.2, -0.15) is 0 Å². The number of hydrogen-bond donors (Lipinski definition) is 9. The van der Waals surface area contributed by atoms with Crippen LogP contribution in [0.4, 0.5) is 35.8 Å². The van der Waals surface area contributed by atoms with Gasteiger partial charge in [0.15, 0.2) is 0 Å². The number of rotatable bonds is 30. The van der Waals surface area contributed by atoms with Crippen LogP contribution in [0.2, 0.25) is 0 Å². The number of amides is 6. The van der Waals surface area contributed by atoms with E-state index in [0.717, 1.165) is 111 Å². The summed E-state index contributed by atoms with van der Waals surface area (Å²) >= 11 is 5.60. The van der Waals surface area contributed by atoms with Gasteiger partial charge in [0, 0.05) is 128 Å². The lowest BCUT2D eigenvalue weighted by Crippen LogP contribution is -2.32. The van der Waals surface area contributed by atoms with Crippen molar-refractivity contribution in [3.63, 3.8) is 0 Å². The quantitative estimate of drug-likeness (QED) is 0.0115. The monoisotopic (exact) mass is 1940 g/mol. The first-order valence-corrected chi connectivity index (χ1v) is 45.8. The highest BCUT2D eigenvalue weighted by atomic mass is 35.5. The summed E-state index contributed by atoms with van der Waals surface area (Å²) in [5.41, 5.74) is 26.1. The number of aryl methyl sites for hydroxylation is 1. The number of halogens is 1. The number of carbonyl (C=O) groups is 9. The second kappa shape index (κ2) is 55.4. The number of alkyl carbamates (subject to hydrolysis) is 2. The summed E-state index contributed by atoms with van der Waals surface area (Å²) in [4.78, 5) is 139. The number of aromatic nitrogens is 15. The summed E-state index contributed by atoms with van der Waals surface area (Å²) in [5, 5.41) is 56.5. The molecule has 12 N–H and O–H groups in total. The average molecular weight is 1950 g/mol. The van der Waals surface area contributed by atoms with Crippen molar-refractivity contribution >= 4 is 138 Å². The van der Waals surface area contributed by atoms with Gasteiger partial charge >= 0.3 is 30.1 Å². The predicted molar refractivity (Wildman–Crippen MR) is 513 cm³/mol. The molecular weight excluding hydrogens is 1830 g/mol. The Morgan fingerprint density at radius 2 is 0.630 bits per heavy atom. The van der Waals surface area contributed by atoms with Crippen LogP contribution in [0.15, 0.2) is 128 Å². The first kappa shape index (κ1) is 109. The van der Waals surface area contributed by atoms with Crippen LogP contribution in [0.5, 0.6) is 0 Å². The van der Waals surface area contributed by atoms with E-state index in [1.165, 1.54) is 72.9 Å². The molecule has 0 aliphatic heterocycles. The Labute approximate surface area is 804 Å². The number of carbonyl (C=O) groups excluding carboxylic acids is 9. The van der Waals surface area contributed by atoms with E-state index in [0.29, 0.717) is 92.3 Å². The van der Waals surface area contributed by atoms with Gasteiger partial charge in [-0.3, -0.25) is 68.4 Å². The van der Waals surface area contributed by atoms with Gasteiger partial charge in [-0.15, -0.1) is 53.2 Å². The van der Waals surface area contributed by atoms with Crippen LogP contribution in [0.25, 0.3) is 4.85 Å². The number of ether oxygens (including phenoxy) is 5. The number of esters is 3. The molecule has 718 valence electrons. The number of anilines is 4. The van der Waals surface area contributed by atoms with Crippen molar-refractivity contribution in [2.75, 3.05) is 42.6 Å². The summed E-state index contributed by atoms with van der Waals surface area (Å²) in [6.45, 7) is 21.4. The minimum absolute atomic E-state index is 0. The Kier molecular flexibility index (Phi) is 44.7. The summed E-state index contributed by atoms with van der Waals surface area (Å²) < 4.78 is 23.9. The highest BCUT2D eigenvalue weighted by Crippen LogP contribution is 2.45. The smallest absolute Gasteiger partial charge is 0.407 e. The number of methoxy groups -OCH3 is 3. The van der Waals surface area contributed by atoms with E-state index in [1.807, 2.05) is 36.4 Å². The molecule has 13 rings (SSSR count). The largest absolute Gasteiger partial charge is 0.469 e. The molecule has 2 fully saturated rings. The fourth-order valence-electron chi connectivity index (χ4n) is 12.8. The third kappa shape index (κ3) is 39.1. The maximum atomic E-state index is 12.7. The Hall–Kier alpha value is -13.2. The first-order valence-electron chi connectivity index (χ1n) is 42.6. The predicted octanol–water partition coefficient (Wildman–Crippen LogP) is 13.0. The van der Waals surface area contributed by atoms with Crippen LogP contribution >= 0.6 is 57.8 Å². The third-order valence-corrected chi connectivity index (χ3v) is 23.6. The lowest BCUT2D eigenvalue weighted by atomic mass is 9.82. The molecule has 2 aliphatic rings. The zero-order valence-electron chi connectivity index (χ0n) is 75.9. The maximum Gasteiger partial charge on any atom is 0.407 e. The summed E-state index contributed by atoms with van der Waals surface area (Å²) in [6.07, 6.45) is 20.2. The van der Waals surface area contributed by atoms with Gasteiger partial charge in [0.2, 0.25) is 49.8 Å². The van der Waals surface area contributed by atoms with E-state index >= 15 is 0 Å². The van der Waals surface area contributed by atoms with Gasteiger partial charge in [0.05, 0.1) is 84.2 Å². The Morgan fingerprint density at radius 1 is 0.378 bits per heavy atom. The molecule has 11 aromatic heterocycles. The third-order valence-electron chi connectivity index (χ3n) is 19.6. The molecule has 6 amide bonds. The van der Waals surface area contributed by atoms with Gasteiger partial charge in [0.1, 0.15) is 31.2 Å². The molecule has 44 heteroatoms. The average Bonchev–Trinajstić information content (AvgIpc) is 1.69. The molecule has 4 atom stereocenters. The standard InChI is InChI=1S/C32H39N9O4S2.C26H30N10O2S2.C14H20N2O4.C9H8N2O2.C9H12N2O2.CH4.ClH/c1-5-19-9-11-23(33-16-19)14-25(42)36-29-40-38-27(46-29)21-7-6-8-22(13-21)28-39-41-30(47-28)37-26(43)15-24-12-10-20(17-34-24)18-35-31(44)45-32(2,3)4;27-11-15-4-6-19(29-13-15)9-21(37)31-25-35-33-23(39-25)17-2-1-3-18(8-17)24-34-36-26(40-24)32-22(38)10-20-7-5-16(12-28)14-30-20;1-14(2,3)20-13(18)16-9-10-5-6-11(15-8-10)7-12(17)19-4;1-10-8-4-3-7(11-6-8)5-9(12)13-2;1-13-9(12)4-8-3-2-7(5-10)6-11-8;;/h9-12,16-17,21-22H,5-8,13-15,18H2,1-4H3,(H,35,44)(H,36,40,42)(H,37,41,43);4-7,13-14,17-18H,1-3,8-12,27-28H2,(H,31,35,37)(H,32,36,38);5-6,8H,7,9H2,1-4H3,(H,16,18);3-4,6H,5H2,2H3;2-3,6H,4-5,10H2,1H3;1H4;1H/t21-,22-;17-,18-;;;;;/m00...../s1. The van der Waals surface area contributed by atoms with Crippen molar-refractivity contribution in [3.05, 3.63) is 233 Å². The van der Waals surface area contributed by atoms with Gasteiger partial charge in [-0.25, -0.2) is 14.4 Å². The Bertz CT molecular complexity index is 5540. The fourth-order valence-corrected chi connectivity index (χ4v) is 16.4. The van der Waals surface area contributed by atoms with Gasteiger partial charge < -0.3 is 72.8 Å². The number of nitrogens with two attached hydrogens (primary N) is 3. The van der Waals surface area contributed by atoms with E-state index in [1.54, 1.807) is 127 Å². The molecule has 0 spiro atoms.